The quantitative estimate of drug-likeness (QED) is 0.728. The second-order valence-corrected chi connectivity index (χ2v) is 4.87. The smallest absolute Gasteiger partial charge is 0.406 e. The fraction of sp³-hybridized carbons (Fsp3) is 0.0714. The summed E-state index contributed by atoms with van der Waals surface area (Å²) in [6.07, 6.45) is -4.82. The summed E-state index contributed by atoms with van der Waals surface area (Å²) in [7, 11) is 0. The number of rotatable bonds is 3. The first-order valence-electron chi connectivity index (χ1n) is 5.62. The van der Waals surface area contributed by atoms with Crippen LogP contribution in [0.2, 0.25) is 10.0 Å². The average Bonchev–Trinajstić information content (AvgIpc) is 2.36. The van der Waals surface area contributed by atoms with E-state index in [4.69, 9.17) is 23.2 Å². The van der Waals surface area contributed by atoms with E-state index in [-0.39, 0.29) is 16.1 Å². The van der Waals surface area contributed by atoms with Gasteiger partial charge in [-0.2, -0.15) is 0 Å². The number of ether oxygens (including phenoxy) is 1. The van der Waals surface area contributed by atoms with Gasteiger partial charge in [-0.25, -0.2) is 0 Å². The van der Waals surface area contributed by atoms with Crippen LogP contribution < -0.4 is 4.74 Å². The van der Waals surface area contributed by atoms with Crippen LogP contribution in [0.25, 0.3) is 0 Å². The van der Waals surface area contributed by atoms with Gasteiger partial charge in [0.05, 0.1) is 5.02 Å². The molecule has 0 bridgehead atoms. The lowest BCUT2D eigenvalue weighted by atomic mass is 10.0. The maximum absolute atomic E-state index is 12.2. The summed E-state index contributed by atoms with van der Waals surface area (Å²) in [4.78, 5) is 12.2. The standard InChI is InChI=1S/C14H7Cl2F3O2/c15-9-4-5-11(12(16)7-9)13(20)8-2-1-3-10(6-8)21-14(17,18)19/h1-7H. The molecule has 0 fully saturated rings. The Kier molecular flexibility index (Phi) is 4.44. The second kappa shape index (κ2) is 5.95. The molecule has 0 spiro atoms. The molecule has 0 amide bonds. The predicted octanol–water partition coefficient (Wildman–Crippen LogP) is 5.12. The average molecular weight is 335 g/mol. The maximum Gasteiger partial charge on any atom is 0.573 e. The van der Waals surface area contributed by atoms with Gasteiger partial charge in [0.2, 0.25) is 0 Å². The highest BCUT2D eigenvalue weighted by molar-refractivity contribution is 6.37. The van der Waals surface area contributed by atoms with Crippen molar-refractivity contribution >= 4 is 29.0 Å². The molecule has 2 nitrogen and oxygen atoms in total. The molecule has 0 unspecified atom stereocenters. The van der Waals surface area contributed by atoms with E-state index < -0.39 is 17.9 Å². The van der Waals surface area contributed by atoms with Gasteiger partial charge in [0.1, 0.15) is 5.75 Å². The van der Waals surface area contributed by atoms with E-state index in [2.05, 4.69) is 4.74 Å². The van der Waals surface area contributed by atoms with Crippen LogP contribution in [0.15, 0.2) is 42.5 Å². The third kappa shape index (κ3) is 4.12. The first-order chi connectivity index (χ1) is 9.76. The summed E-state index contributed by atoms with van der Waals surface area (Å²) < 4.78 is 40.3. The van der Waals surface area contributed by atoms with Crippen molar-refractivity contribution in [3.63, 3.8) is 0 Å². The summed E-state index contributed by atoms with van der Waals surface area (Å²) in [6, 6.07) is 9.02. The first kappa shape index (κ1) is 15.7. The maximum atomic E-state index is 12.2. The van der Waals surface area contributed by atoms with Crippen LogP contribution in [0.1, 0.15) is 15.9 Å². The lowest BCUT2D eigenvalue weighted by molar-refractivity contribution is -0.274. The Bertz CT molecular complexity index is 684. The second-order valence-electron chi connectivity index (χ2n) is 4.03. The summed E-state index contributed by atoms with van der Waals surface area (Å²) in [5.41, 5.74) is 0.172. The Morgan fingerprint density at radius 2 is 1.76 bits per heavy atom. The van der Waals surface area contributed by atoms with Crippen molar-refractivity contribution in [2.75, 3.05) is 0 Å². The topological polar surface area (TPSA) is 26.3 Å². The Morgan fingerprint density at radius 1 is 1.05 bits per heavy atom. The van der Waals surface area contributed by atoms with E-state index in [1.165, 1.54) is 30.3 Å². The van der Waals surface area contributed by atoms with E-state index in [0.717, 1.165) is 12.1 Å². The molecule has 0 aromatic heterocycles. The van der Waals surface area contributed by atoms with Crippen LogP contribution in [0.3, 0.4) is 0 Å². The van der Waals surface area contributed by atoms with Crippen molar-refractivity contribution in [1.82, 2.24) is 0 Å². The van der Waals surface area contributed by atoms with Crippen molar-refractivity contribution in [3.8, 4) is 5.75 Å². The fourth-order valence-corrected chi connectivity index (χ4v) is 2.16. The fourth-order valence-electron chi connectivity index (χ4n) is 1.66. The molecule has 0 saturated carbocycles. The van der Waals surface area contributed by atoms with Gasteiger partial charge in [-0.3, -0.25) is 4.79 Å². The highest BCUT2D eigenvalue weighted by atomic mass is 35.5. The minimum absolute atomic E-state index is 0.0287. The molecule has 21 heavy (non-hydrogen) atoms. The van der Waals surface area contributed by atoms with Crippen LogP contribution in [0, 0.1) is 0 Å². The van der Waals surface area contributed by atoms with Gasteiger partial charge in [-0.15, -0.1) is 13.2 Å². The zero-order chi connectivity index (χ0) is 15.6. The molecule has 0 aliphatic carbocycles. The normalized spacial score (nSPS) is 11.3. The lowest BCUT2D eigenvalue weighted by Gasteiger charge is -2.10. The van der Waals surface area contributed by atoms with Gasteiger partial charge in [0.25, 0.3) is 0 Å². The van der Waals surface area contributed by atoms with Crippen molar-refractivity contribution in [2.45, 2.75) is 6.36 Å². The van der Waals surface area contributed by atoms with Gasteiger partial charge in [0.15, 0.2) is 5.78 Å². The van der Waals surface area contributed by atoms with E-state index in [1.54, 1.807) is 0 Å². The number of halogens is 5. The number of alkyl halides is 3. The van der Waals surface area contributed by atoms with Gasteiger partial charge in [0, 0.05) is 16.1 Å². The van der Waals surface area contributed by atoms with Crippen LogP contribution in [0.5, 0.6) is 5.75 Å². The molecular weight excluding hydrogens is 328 g/mol. The molecule has 0 saturated heterocycles. The monoisotopic (exact) mass is 334 g/mol. The summed E-state index contributed by atoms with van der Waals surface area (Å²) in [6.45, 7) is 0. The SMILES string of the molecule is O=C(c1cccc(OC(F)(F)F)c1)c1ccc(Cl)cc1Cl. The molecule has 0 radical (unpaired) electrons. The van der Waals surface area contributed by atoms with Gasteiger partial charge < -0.3 is 4.74 Å². The summed E-state index contributed by atoms with van der Waals surface area (Å²) >= 11 is 11.6. The summed E-state index contributed by atoms with van der Waals surface area (Å²) in [5.74, 6) is -0.997. The molecule has 7 heteroatoms. The molecule has 110 valence electrons. The zero-order valence-electron chi connectivity index (χ0n) is 10.2. The highest BCUT2D eigenvalue weighted by Crippen LogP contribution is 2.27. The lowest BCUT2D eigenvalue weighted by Crippen LogP contribution is -2.17. The van der Waals surface area contributed by atoms with E-state index in [0.29, 0.717) is 5.02 Å². The number of ketones is 1. The minimum Gasteiger partial charge on any atom is -0.406 e. The molecular formula is C14H7Cl2F3O2. The van der Waals surface area contributed by atoms with Gasteiger partial charge in [-0.1, -0.05) is 35.3 Å². The van der Waals surface area contributed by atoms with Crippen LogP contribution in [0.4, 0.5) is 13.2 Å². The molecule has 0 N–H and O–H groups in total. The highest BCUT2D eigenvalue weighted by Gasteiger charge is 2.31. The molecule has 0 atom stereocenters. The largest absolute Gasteiger partial charge is 0.573 e. The molecule has 0 aliphatic heterocycles. The molecule has 2 rings (SSSR count). The van der Waals surface area contributed by atoms with Crippen molar-refractivity contribution in [2.24, 2.45) is 0 Å². The Balaban J connectivity index is 2.33. The predicted molar refractivity (Wildman–Crippen MR) is 73.0 cm³/mol. The number of carbonyl (C=O) groups is 1. The van der Waals surface area contributed by atoms with Crippen LogP contribution >= 0.6 is 23.2 Å². The molecule has 0 aliphatic rings. The van der Waals surface area contributed by atoms with Crippen LogP contribution in [-0.4, -0.2) is 12.1 Å². The third-order valence-corrected chi connectivity index (χ3v) is 3.05. The minimum atomic E-state index is -4.82. The number of hydrogen-bond donors (Lipinski definition) is 0. The Morgan fingerprint density at radius 3 is 2.38 bits per heavy atom. The van der Waals surface area contributed by atoms with E-state index in [9.17, 15) is 18.0 Å². The van der Waals surface area contributed by atoms with Crippen molar-refractivity contribution < 1.29 is 22.7 Å². The third-order valence-electron chi connectivity index (χ3n) is 2.51. The van der Waals surface area contributed by atoms with Gasteiger partial charge in [-0.05, 0) is 30.3 Å². The van der Waals surface area contributed by atoms with Crippen molar-refractivity contribution in [1.29, 1.82) is 0 Å². The first-order valence-corrected chi connectivity index (χ1v) is 6.37. The molecule has 2 aromatic rings. The molecule has 0 heterocycles. The zero-order valence-corrected chi connectivity index (χ0v) is 11.8. The van der Waals surface area contributed by atoms with E-state index in [1.807, 2.05) is 0 Å². The number of hydrogen-bond acceptors (Lipinski definition) is 2. The molecule has 2 aromatic carbocycles. The number of carbonyl (C=O) groups excluding carboxylic acids is 1. The number of benzene rings is 2. The van der Waals surface area contributed by atoms with Crippen LogP contribution in [-0.2, 0) is 0 Å². The Labute approximate surface area is 128 Å². The Hall–Kier alpha value is -1.72. The van der Waals surface area contributed by atoms with Gasteiger partial charge >= 0.3 is 6.36 Å². The summed E-state index contributed by atoms with van der Waals surface area (Å²) in [5, 5.41) is 0.473. The van der Waals surface area contributed by atoms with E-state index >= 15 is 0 Å². The van der Waals surface area contributed by atoms with Crippen molar-refractivity contribution in [3.05, 3.63) is 63.6 Å².